The fourth-order valence-corrected chi connectivity index (χ4v) is 2.16. The fraction of sp³-hybridized carbons (Fsp3) is 0.923. The van der Waals surface area contributed by atoms with Crippen molar-refractivity contribution in [2.45, 2.75) is 32.9 Å². The SMILES string of the molecule is CCN(CC(=O)OC)CC1CN(C(C)C)CCO1. The highest BCUT2D eigenvalue weighted by molar-refractivity contribution is 5.71. The third kappa shape index (κ3) is 4.92. The van der Waals surface area contributed by atoms with E-state index in [0.717, 1.165) is 32.8 Å². The number of carbonyl (C=O) groups is 1. The molecule has 0 radical (unpaired) electrons. The molecule has 106 valence electrons. The zero-order valence-corrected chi connectivity index (χ0v) is 12.0. The van der Waals surface area contributed by atoms with E-state index in [1.165, 1.54) is 7.11 Å². The Labute approximate surface area is 110 Å². The molecule has 5 nitrogen and oxygen atoms in total. The number of nitrogens with zero attached hydrogens (tertiary/aromatic N) is 2. The Hall–Kier alpha value is -0.650. The van der Waals surface area contributed by atoms with Crippen molar-refractivity contribution in [1.29, 1.82) is 0 Å². The van der Waals surface area contributed by atoms with Gasteiger partial charge in [-0.1, -0.05) is 6.92 Å². The van der Waals surface area contributed by atoms with Gasteiger partial charge in [-0.25, -0.2) is 0 Å². The first kappa shape index (κ1) is 15.4. The van der Waals surface area contributed by atoms with Crippen LogP contribution in [0.1, 0.15) is 20.8 Å². The first-order valence-electron chi connectivity index (χ1n) is 6.71. The molecule has 0 aromatic carbocycles. The summed E-state index contributed by atoms with van der Waals surface area (Å²) in [5.41, 5.74) is 0. The van der Waals surface area contributed by atoms with Crippen LogP contribution in [0.15, 0.2) is 0 Å². The molecule has 1 unspecified atom stereocenters. The Kier molecular flexibility index (Phi) is 6.60. The van der Waals surface area contributed by atoms with Crippen LogP contribution in [0.25, 0.3) is 0 Å². The van der Waals surface area contributed by atoms with Gasteiger partial charge in [0.25, 0.3) is 0 Å². The van der Waals surface area contributed by atoms with Gasteiger partial charge in [-0.05, 0) is 20.4 Å². The molecule has 1 atom stereocenters. The molecule has 1 aliphatic heterocycles. The van der Waals surface area contributed by atoms with Crippen LogP contribution in [-0.2, 0) is 14.3 Å². The van der Waals surface area contributed by atoms with Gasteiger partial charge in [-0.2, -0.15) is 0 Å². The van der Waals surface area contributed by atoms with Gasteiger partial charge in [-0.15, -0.1) is 0 Å². The van der Waals surface area contributed by atoms with Gasteiger partial charge in [0.15, 0.2) is 0 Å². The molecule has 1 heterocycles. The summed E-state index contributed by atoms with van der Waals surface area (Å²) in [6.07, 6.45) is 0.186. The number of methoxy groups -OCH3 is 1. The van der Waals surface area contributed by atoms with E-state index in [9.17, 15) is 4.79 Å². The Morgan fingerprint density at radius 2 is 2.28 bits per heavy atom. The van der Waals surface area contributed by atoms with Crippen LogP contribution in [0.5, 0.6) is 0 Å². The van der Waals surface area contributed by atoms with E-state index in [1.54, 1.807) is 0 Å². The Bertz CT molecular complexity index is 259. The van der Waals surface area contributed by atoms with Gasteiger partial charge in [0.05, 0.1) is 26.4 Å². The number of hydrogen-bond acceptors (Lipinski definition) is 5. The van der Waals surface area contributed by atoms with Crippen molar-refractivity contribution in [3.05, 3.63) is 0 Å². The first-order valence-corrected chi connectivity index (χ1v) is 6.71. The quantitative estimate of drug-likeness (QED) is 0.652. The zero-order chi connectivity index (χ0) is 13.5. The summed E-state index contributed by atoms with van der Waals surface area (Å²) in [5, 5.41) is 0. The smallest absolute Gasteiger partial charge is 0.319 e. The number of morpholine rings is 1. The summed E-state index contributed by atoms with van der Waals surface area (Å²) < 4.78 is 10.5. The van der Waals surface area contributed by atoms with Crippen molar-refractivity contribution in [2.24, 2.45) is 0 Å². The monoisotopic (exact) mass is 258 g/mol. The average Bonchev–Trinajstić information content (AvgIpc) is 2.38. The molecule has 1 saturated heterocycles. The van der Waals surface area contributed by atoms with Gasteiger partial charge in [0, 0.05) is 25.7 Å². The summed E-state index contributed by atoms with van der Waals surface area (Å²) in [7, 11) is 1.42. The second-order valence-corrected chi connectivity index (χ2v) is 4.99. The van der Waals surface area contributed by atoms with Crippen molar-refractivity contribution < 1.29 is 14.3 Å². The van der Waals surface area contributed by atoms with E-state index < -0.39 is 0 Å². The average molecular weight is 258 g/mol. The predicted molar refractivity (Wildman–Crippen MR) is 70.6 cm³/mol. The van der Waals surface area contributed by atoms with E-state index in [1.807, 2.05) is 6.92 Å². The van der Waals surface area contributed by atoms with Crippen LogP contribution in [-0.4, -0.2) is 74.4 Å². The molecular weight excluding hydrogens is 232 g/mol. The minimum atomic E-state index is -0.187. The third-order valence-electron chi connectivity index (χ3n) is 3.39. The number of likely N-dealkylation sites (N-methyl/N-ethyl adjacent to an activating group) is 1. The van der Waals surface area contributed by atoms with Crippen molar-refractivity contribution in [3.63, 3.8) is 0 Å². The van der Waals surface area contributed by atoms with Gasteiger partial charge >= 0.3 is 5.97 Å². The second-order valence-electron chi connectivity index (χ2n) is 4.99. The summed E-state index contributed by atoms with van der Waals surface area (Å²) >= 11 is 0. The lowest BCUT2D eigenvalue weighted by Crippen LogP contribution is -2.50. The van der Waals surface area contributed by atoms with E-state index in [4.69, 9.17) is 9.47 Å². The molecule has 1 rings (SSSR count). The van der Waals surface area contributed by atoms with Crippen LogP contribution >= 0.6 is 0 Å². The Morgan fingerprint density at radius 3 is 2.83 bits per heavy atom. The highest BCUT2D eigenvalue weighted by atomic mass is 16.5. The van der Waals surface area contributed by atoms with Gasteiger partial charge in [0.2, 0.25) is 0 Å². The van der Waals surface area contributed by atoms with Gasteiger partial charge < -0.3 is 9.47 Å². The number of esters is 1. The minimum Gasteiger partial charge on any atom is -0.468 e. The predicted octanol–water partition coefficient (Wildman–Crippen LogP) is 0.591. The Morgan fingerprint density at radius 1 is 1.56 bits per heavy atom. The van der Waals surface area contributed by atoms with E-state index in [-0.39, 0.29) is 12.1 Å². The molecule has 1 aliphatic rings. The lowest BCUT2D eigenvalue weighted by Gasteiger charge is -2.37. The van der Waals surface area contributed by atoms with Crippen LogP contribution < -0.4 is 0 Å². The molecule has 0 amide bonds. The molecule has 0 aromatic rings. The topological polar surface area (TPSA) is 42.0 Å². The largest absolute Gasteiger partial charge is 0.468 e. The maximum atomic E-state index is 11.3. The maximum absolute atomic E-state index is 11.3. The molecule has 18 heavy (non-hydrogen) atoms. The van der Waals surface area contributed by atoms with Crippen LogP contribution in [0.3, 0.4) is 0 Å². The highest BCUT2D eigenvalue weighted by Gasteiger charge is 2.24. The standard InChI is InChI=1S/C13H26N2O3/c1-5-14(10-13(16)17-4)8-12-9-15(11(2)3)6-7-18-12/h11-12H,5-10H2,1-4H3. The van der Waals surface area contributed by atoms with Crippen molar-refractivity contribution in [1.82, 2.24) is 9.80 Å². The molecule has 1 fully saturated rings. The molecule has 0 aromatic heterocycles. The molecule has 5 heteroatoms. The molecule has 0 bridgehead atoms. The minimum absolute atomic E-state index is 0.186. The summed E-state index contributed by atoms with van der Waals surface area (Å²) in [6.45, 7) is 11.1. The molecule has 0 spiro atoms. The lowest BCUT2D eigenvalue weighted by atomic mass is 10.2. The second kappa shape index (κ2) is 7.71. The molecular formula is C13H26N2O3. The maximum Gasteiger partial charge on any atom is 0.319 e. The van der Waals surface area contributed by atoms with E-state index in [0.29, 0.717) is 12.6 Å². The first-order chi connectivity index (χ1) is 8.56. The molecule has 0 saturated carbocycles. The highest BCUT2D eigenvalue weighted by Crippen LogP contribution is 2.10. The normalized spacial score (nSPS) is 21.6. The number of carbonyl (C=O) groups excluding carboxylic acids is 1. The van der Waals surface area contributed by atoms with E-state index in [2.05, 4.69) is 23.6 Å². The number of rotatable bonds is 6. The van der Waals surface area contributed by atoms with Crippen molar-refractivity contribution >= 4 is 5.97 Å². The lowest BCUT2D eigenvalue weighted by molar-refractivity contribution is -0.142. The van der Waals surface area contributed by atoms with E-state index >= 15 is 0 Å². The molecule has 0 aliphatic carbocycles. The van der Waals surface area contributed by atoms with Gasteiger partial charge in [0.1, 0.15) is 0 Å². The number of ether oxygens (including phenoxy) is 2. The van der Waals surface area contributed by atoms with Gasteiger partial charge in [-0.3, -0.25) is 14.6 Å². The summed E-state index contributed by atoms with van der Waals surface area (Å²) in [6, 6.07) is 0.548. The fourth-order valence-electron chi connectivity index (χ4n) is 2.16. The zero-order valence-electron chi connectivity index (χ0n) is 12.0. The molecule has 0 N–H and O–H groups in total. The number of hydrogen-bond donors (Lipinski definition) is 0. The van der Waals surface area contributed by atoms with Crippen molar-refractivity contribution in [3.8, 4) is 0 Å². The van der Waals surface area contributed by atoms with Crippen LogP contribution in [0.4, 0.5) is 0 Å². The summed E-state index contributed by atoms with van der Waals surface area (Å²) in [4.78, 5) is 15.8. The van der Waals surface area contributed by atoms with Crippen molar-refractivity contribution in [2.75, 3.05) is 46.4 Å². The third-order valence-corrected chi connectivity index (χ3v) is 3.39. The Balaban J connectivity index is 2.41. The van der Waals surface area contributed by atoms with Crippen LogP contribution in [0, 0.1) is 0 Å². The van der Waals surface area contributed by atoms with Crippen LogP contribution in [0.2, 0.25) is 0 Å². The summed E-state index contributed by atoms with van der Waals surface area (Å²) in [5.74, 6) is -0.187.